The summed E-state index contributed by atoms with van der Waals surface area (Å²) < 4.78 is 10.8. The van der Waals surface area contributed by atoms with Crippen LogP contribution in [0.25, 0.3) is 6.08 Å². The SMILES string of the molecule is COc1cc(/C=C2\C(=O)NN(c3ccc(C)c(C)c3)C2=O)ccc1OC(=O)c1ccccc1. The zero-order chi connectivity index (χ0) is 23.5. The molecule has 0 aliphatic carbocycles. The third kappa shape index (κ3) is 4.48. The predicted octanol–water partition coefficient (Wildman–Crippen LogP) is 3.99. The first kappa shape index (κ1) is 21.8. The van der Waals surface area contributed by atoms with Gasteiger partial charge in [0.15, 0.2) is 11.5 Å². The maximum absolute atomic E-state index is 12.9. The molecular formula is C26H22N2O5. The van der Waals surface area contributed by atoms with Crippen molar-refractivity contribution >= 4 is 29.5 Å². The third-order valence-electron chi connectivity index (χ3n) is 5.35. The second-order valence-corrected chi connectivity index (χ2v) is 7.57. The summed E-state index contributed by atoms with van der Waals surface area (Å²) in [6.07, 6.45) is 1.48. The van der Waals surface area contributed by atoms with Gasteiger partial charge in [-0.05, 0) is 73.0 Å². The maximum atomic E-state index is 12.9. The topological polar surface area (TPSA) is 84.9 Å². The lowest BCUT2D eigenvalue weighted by atomic mass is 10.1. The van der Waals surface area contributed by atoms with E-state index in [0.29, 0.717) is 22.6 Å². The van der Waals surface area contributed by atoms with Crippen molar-refractivity contribution in [1.82, 2.24) is 5.43 Å². The minimum Gasteiger partial charge on any atom is -0.493 e. The first-order valence-corrected chi connectivity index (χ1v) is 10.3. The summed E-state index contributed by atoms with van der Waals surface area (Å²) in [6.45, 7) is 3.92. The van der Waals surface area contributed by atoms with Gasteiger partial charge in [0.1, 0.15) is 5.57 Å². The number of anilines is 1. The van der Waals surface area contributed by atoms with Crippen molar-refractivity contribution in [3.05, 3.63) is 94.6 Å². The fourth-order valence-corrected chi connectivity index (χ4v) is 3.36. The Bertz CT molecular complexity index is 1280. The minimum absolute atomic E-state index is 0.00990. The highest BCUT2D eigenvalue weighted by Gasteiger charge is 2.34. The van der Waals surface area contributed by atoms with Crippen LogP contribution in [-0.2, 0) is 9.59 Å². The fraction of sp³-hybridized carbons (Fsp3) is 0.115. The Morgan fingerprint density at radius 2 is 1.67 bits per heavy atom. The average Bonchev–Trinajstić information content (AvgIpc) is 3.10. The number of carbonyl (C=O) groups excluding carboxylic acids is 3. The second-order valence-electron chi connectivity index (χ2n) is 7.57. The van der Waals surface area contributed by atoms with Crippen molar-refractivity contribution in [3.8, 4) is 11.5 Å². The molecule has 0 spiro atoms. The molecule has 7 heteroatoms. The summed E-state index contributed by atoms with van der Waals surface area (Å²) in [4.78, 5) is 37.8. The molecule has 2 amide bonds. The van der Waals surface area contributed by atoms with Gasteiger partial charge in [0.25, 0.3) is 11.8 Å². The van der Waals surface area contributed by atoms with Gasteiger partial charge in [-0.1, -0.05) is 30.3 Å². The zero-order valence-corrected chi connectivity index (χ0v) is 18.4. The Labute approximate surface area is 191 Å². The molecule has 1 saturated heterocycles. The maximum Gasteiger partial charge on any atom is 0.343 e. The summed E-state index contributed by atoms with van der Waals surface area (Å²) in [5, 5.41) is 1.23. The number of hydrazine groups is 1. The number of rotatable bonds is 5. The van der Waals surface area contributed by atoms with E-state index in [-0.39, 0.29) is 11.3 Å². The van der Waals surface area contributed by atoms with E-state index in [1.165, 1.54) is 18.2 Å². The number of hydrogen-bond donors (Lipinski definition) is 1. The number of esters is 1. The van der Waals surface area contributed by atoms with Crippen molar-refractivity contribution in [3.63, 3.8) is 0 Å². The minimum atomic E-state index is -0.519. The number of nitrogens with one attached hydrogen (secondary N) is 1. The van der Waals surface area contributed by atoms with Gasteiger partial charge in [0.2, 0.25) is 0 Å². The number of hydrogen-bond acceptors (Lipinski definition) is 5. The van der Waals surface area contributed by atoms with Gasteiger partial charge in [0, 0.05) is 0 Å². The van der Waals surface area contributed by atoms with E-state index in [2.05, 4.69) is 5.43 Å². The lowest BCUT2D eigenvalue weighted by molar-refractivity contribution is -0.117. The standard InChI is InChI=1S/C26H22N2O5/c1-16-9-11-20(13-17(16)2)28-25(30)21(24(29)27-28)14-18-10-12-22(23(15-18)32-3)33-26(31)19-7-5-4-6-8-19/h4-15H,1-3H3,(H,27,29)/b21-14+. The molecule has 3 aromatic carbocycles. The summed E-state index contributed by atoms with van der Waals surface area (Å²) >= 11 is 0. The molecular weight excluding hydrogens is 420 g/mol. The van der Waals surface area contributed by atoms with E-state index in [0.717, 1.165) is 11.1 Å². The molecule has 1 N–H and O–H groups in total. The van der Waals surface area contributed by atoms with Crippen LogP contribution >= 0.6 is 0 Å². The fourth-order valence-electron chi connectivity index (χ4n) is 3.36. The third-order valence-corrected chi connectivity index (χ3v) is 5.35. The molecule has 33 heavy (non-hydrogen) atoms. The van der Waals surface area contributed by atoms with Crippen LogP contribution in [0.5, 0.6) is 11.5 Å². The van der Waals surface area contributed by atoms with Gasteiger partial charge >= 0.3 is 5.97 Å². The molecule has 0 radical (unpaired) electrons. The van der Waals surface area contributed by atoms with Crippen LogP contribution in [0.1, 0.15) is 27.0 Å². The van der Waals surface area contributed by atoms with E-state index >= 15 is 0 Å². The Kier molecular flexibility index (Phi) is 5.95. The van der Waals surface area contributed by atoms with Gasteiger partial charge in [-0.25, -0.2) is 9.80 Å². The summed E-state index contributed by atoms with van der Waals surface area (Å²) in [6, 6.07) is 18.9. The van der Waals surface area contributed by atoms with Crippen molar-refractivity contribution in [2.75, 3.05) is 12.1 Å². The van der Waals surface area contributed by atoms with Crippen LogP contribution in [-0.4, -0.2) is 24.9 Å². The molecule has 4 rings (SSSR count). The molecule has 0 atom stereocenters. The lowest BCUT2D eigenvalue weighted by Gasteiger charge is -2.16. The van der Waals surface area contributed by atoms with Gasteiger partial charge in [-0.15, -0.1) is 0 Å². The van der Waals surface area contributed by atoms with E-state index in [4.69, 9.17) is 9.47 Å². The van der Waals surface area contributed by atoms with Crippen LogP contribution in [0.2, 0.25) is 0 Å². The zero-order valence-electron chi connectivity index (χ0n) is 18.4. The molecule has 166 valence electrons. The number of nitrogens with zero attached hydrogens (tertiary/aromatic N) is 1. The normalized spacial score (nSPS) is 14.4. The van der Waals surface area contributed by atoms with Crippen molar-refractivity contribution in [1.29, 1.82) is 0 Å². The Morgan fingerprint density at radius 1 is 0.909 bits per heavy atom. The lowest BCUT2D eigenvalue weighted by Crippen LogP contribution is -2.35. The van der Waals surface area contributed by atoms with Crippen molar-refractivity contribution in [2.24, 2.45) is 0 Å². The summed E-state index contributed by atoms with van der Waals surface area (Å²) in [5.74, 6) is -0.953. The molecule has 1 aliphatic heterocycles. The van der Waals surface area contributed by atoms with Crippen molar-refractivity contribution < 1.29 is 23.9 Å². The Morgan fingerprint density at radius 3 is 2.36 bits per heavy atom. The highest BCUT2D eigenvalue weighted by Crippen LogP contribution is 2.31. The highest BCUT2D eigenvalue weighted by atomic mass is 16.6. The average molecular weight is 442 g/mol. The molecule has 1 fully saturated rings. The first-order valence-electron chi connectivity index (χ1n) is 10.3. The predicted molar refractivity (Wildman–Crippen MR) is 124 cm³/mol. The number of amides is 2. The number of benzene rings is 3. The number of aryl methyl sites for hydroxylation is 2. The molecule has 0 unspecified atom stereocenters. The smallest absolute Gasteiger partial charge is 0.343 e. The van der Waals surface area contributed by atoms with Gasteiger partial charge in [0.05, 0.1) is 18.4 Å². The van der Waals surface area contributed by atoms with Gasteiger partial charge < -0.3 is 9.47 Å². The molecule has 1 heterocycles. The molecule has 3 aromatic rings. The van der Waals surface area contributed by atoms with Gasteiger partial charge in [-0.2, -0.15) is 0 Å². The van der Waals surface area contributed by atoms with Crippen LogP contribution < -0.4 is 19.9 Å². The Hall–Kier alpha value is -4.39. The quantitative estimate of drug-likeness (QED) is 0.280. The van der Waals surface area contributed by atoms with Crippen molar-refractivity contribution in [2.45, 2.75) is 13.8 Å². The van der Waals surface area contributed by atoms with Crippen LogP contribution in [0.4, 0.5) is 5.69 Å². The number of ether oxygens (including phenoxy) is 2. The van der Waals surface area contributed by atoms with E-state index in [1.807, 2.05) is 26.0 Å². The van der Waals surface area contributed by atoms with Crippen LogP contribution in [0.3, 0.4) is 0 Å². The molecule has 0 aromatic heterocycles. The summed E-state index contributed by atoms with van der Waals surface area (Å²) in [5.41, 5.74) is 6.23. The molecule has 0 saturated carbocycles. The molecule has 0 bridgehead atoms. The monoisotopic (exact) mass is 442 g/mol. The van der Waals surface area contributed by atoms with Crippen LogP contribution in [0, 0.1) is 13.8 Å². The molecule has 1 aliphatic rings. The van der Waals surface area contributed by atoms with E-state index in [1.54, 1.807) is 54.6 Å². The molecule has 7 nitrogen and oxygen atoms in total. The summed E-state index contributed by atoms with van der Waals surface area (Å²) in [7, 11) is 1.45. The largest absolute Gasteiger partial charge is 0.493 e. The first-order chi connectivity index (χ1) is 15.9. The van der Waals surface area contributed by atoms with Crippen LogP contribution in [0.15, 0.2) is 72.3 Å². The van der Waals surface area contributed by atoms with E-state index < -0.39 is 17.8 Å². The van der Waals surface area contributed by atoms with E-state index in [9.17, 15) is 14.4 Å². The second kappa shape index (κ2) is 9.00. The number of carbonyl (C=O) groups is 3. The Balaban J connectivity index is 1.58. The number of methoxy groups -OCH3 is 1. The highest BCUT2D eigenvalue weighted by molar-refractivity contribution is 6.31. The van der Waals surface area contributed by atoms with Gasteiger partial charge in [-0.3, -0.25) is 15.0 Å².